The van der Waals surface area contributed by atoms with Crippen LogP contribution in [0.3, 0.4) is 0 Å². The lowest BCUT2D eigenvalue weighted by atomic mass is 10.1. The highest BCUT2D eigenvalue weighted by molar-refractivity contribution is 5.75. The number of ether oxygens (including phenoxy) is 2. The Morgan fingerprint density at radius 2 is 1.52 bits per heavy atom. The molecule has 0 saturated carbocycles. The van der Waals surface area contributed by atoms with E-state index < -0.39 is 0 Å². The average Bonchev–Trinajstić information content (AvgIpc) is 3.28. The molecule has 4 aromatic rings. The van der Waals surface area contributed by atoms with Gasteiger partial charge < -0.3 is 19.2 Å². The highest BCUT2D eigenvalue weighted by Crippen LogP contribution is 2.24. The van der Waals surface area contributed by atoms with E-state index in [4.69, 9.17) is 13.9 Å². The Balaban J connectivity index is 1.03. The largest absolute Gasteiger partial charge is 0.436 e. The van der Waals surface area contributed by atoms with Gasteiger partial charge in [0.1, 0.15) is 5.52 Å². The Labute approximate surface area is 195 Å². The quantitative estimate of drug-likeness (QED) is 0.274. The summed E-state index contributed by atoms with van der Waals surface area (Å²) < 4.78 is 17.3. The molecule has 0 bridgehead atoms. The molecule has 0 saturated heterocycles. The van der Waals surface area contributed by atoms with Crippen LogP contribution in [-0.4, -0.2) is 37.9 Å². The van der Waals surface area contributed by atoms with Crippen molar-refractivity contribution in [2.24, 2.45) is 0 Å². The molecule has 0 unspecified atom stereocenters. The van der Waals surface area contributed by atoms with Crippen molar-refractivity contribution in [1.29, 1.82) is 0 Å². The van der Waals surface area contributed by atoms with E-state index in [1.54, 1.807) is 0 Å². The first kappa shape index (κ1) is 23.2. The van der Waals surface area contributed by atoms with Crippen LogP contribution in [0.2, 0.25) is 0 Å². The number of nitrogens with one attached hydrogen (secondary N) is 1. The normalized spacial score (nSPS) is 11.3. The van der Waals surface area contributed by atoms with Gasteiger partial charge in [0.2, 0.25) is 5.89 Å². The molecule has 0 aliphatic carbocycles. The van der Waals surface area contributed by atoms with Gasteiger partial charge in [0.05, 0.1) is 19.8 Å². The Hall–Kier alpha value is -2.99. The number of fused-ring (bicyclic) bond motifs is 1. The molecule has 33 heavy (non-hydrogen) atoms. The zero-order valence-electron chi connectivity index (χ0n) is 19.3. The Bertz CT molecular complexity index is 1070. The minimum atomic E-state index is 0.588. The Morgan fingerprint density at radius 1 is 0.788 bits per heavy atom. The fourth-order valence-corrected chi connectivity index (χ4v) is 3.58. The van der Waals surface area contributed by atoms with Gasteiger partial charge in [-0.3, -0.25) is 0 Å². The summed E-state index contributed by atoms with van der Waals surface area (Å²) in [5.41, 5.74) is 6.46. The molecule has 0 spiro atoms. The van der Waals surface area contributed by atoms with Crippen LogP contribution in [0.4, 0.5) is 0 Å². The third kappa shape index (κ3) is 7.26. The molecule has 1 aromatic heterocycles. The van der Waals surface area contributed by atoms with Crippen molar-refractivity contribution in [2.75, 3.05) is 32.9 Å². The van der Waals surface area contributed by atoms with E-state index in [1.807, 2.05) is 36.4 Å². The topological polar surface area (TPSA) is 56.5 Å². The molecule has 0 aliphatic heterocycles. The van der Waals surface area contributed by atoms with Crippen LogP contribution in [-0.2, 0) is 22.5 Å². The van der Waals surface area contributed by atoms with E-state index >= 15 is 0 Å². The lowest BCUT2D eigenvalue weighted by Gasteiger charge is -2.08. The summed E-state index contributed by atoms with van der Waals surface area (Å²) in [7, 11) is 0. The first-order valence-electron chi connectivity index (χ1n) is 11.6. The third-order valence-corrected chi connectivity index (χ3v) is 5.48. The van der Waals surface area contributed by atoms with E-state index in [9.17, 15) is 0 Å². The van der Waals surface area contributed by atoms with Crippen LogP contribution in [0.5, 0.6) is 0 Å². The molecule has 172 valence electrons. The van der Waals surface area contributed by atoms with Crippen molar-refractivity contribution in [3.05, 3.63) is 89.5 Å². The second kappa shape index (κ2) is 12.3. The molecule has 3 aromatic carbocycles. The SMILES string of the molecule is Cc1ccc(CCCOCCNCCOCc2ccc(-c3nc4ccccc4o3)cc2)cc1. The molecule has 1 N–H and O–H groups in total. The number of benzene rings is 3. The lowest BCUT2D eigenvalue weighted by Crippen LogP contribution is -2.24. The fraction of sp³-hybridized carbons (Fsp3) is 0.321. The number of nitrogens with zero attached hydrogens (tertiary/aromatic N) is 1. The van der Waals surface area contributed by atoms with Gasteiger partial charge in [-0.25, -0.2) is 4.98 Å². The van der Waals surface area contributed by atoms with Gasteiger partial charge in [0, 0.05) is 25.3 Å². The molecule has 0 radical (unpaired) electrons. The van der Waals surface area contributed by atoms with Crippen LogP contribution >= 0.6 is 0 Å². The van der Waals surface area contributed by atoms with Gasteiger partial charge in [0.25, 0.3) is 0 Å². The predicted octanol–water partition coefficient (Wildman–Crippen LogP) is 5.56. The molecule has 0 atom stereocenters. The highest BCUT2D eigenvalue weighted by Gasteiger charge is 2.07. The number of oxazole rings is 1. The third-order valence-electron chi connectivity index (χ3n) is 5.48. The van der Waals surface area contributed by atoms with Crippen LogP contribution in [0, 0.1) is 6.92 Å². The second-order valence-corrected chi connectivity index (χ2v) is 8.19. The van der Waals surface area contributed by atoms with Crippen LogP contribution in [0.15, 0.2) is 77.2 Å². The van der Waals surface area contributed by atoms with Crippen LogP contribution in [0.1, 0.15) is 23.1 Å². The van der Waals surface area contributed by atoms with Gasteiger partial charge >= 0.3 is 0 Å². The molecule has 0 amide bonds. The molecule has 5 heteroatoms. The summed E-state index contributed by atoms with van der Waals surface area (Å²) in [5, 5.41) is 3.36. The lowest BCUT2D eigenvalue weighted by molar-refractivity contribution is 0.113. The van der Waals surface area contributed by atoms with Gasteiger partial charge in [0.15, 0.2) is 5.58 Å². The van der Waals surface area contributed by atoms with Gasteiger partial charge in [-0.05, 0) is 55.2 Å². The minimum absolute atomic E-state index is 0.588. The maximum atomic E-state index is 5.82. The van der Waals surface area contributed by atoms with E-state index in [1.165, 1.54) is 11.1 Å². The number of para-hydroxylation sites is 2. The number of hydrogen-bond acceptors (Lipinski definition) is 5. The van der Waals surface area contributed by atoms with Crippen molar-refractivity contribution in [1.82, 2.24) is 10.3 Å². The Kier molecular flexibility index (Phi) is 8.64. The zero-order valence-corrected chi connectivity index (χ0v) is 19.3. The van der Waals surface area contributed by atoms with E-state index in [2.05, 4.69) is 53.6 Å². The summed E-state index contributed by atoms with van der Waals surface area (Å²) in [6.07, 6.45) is 2.12. The molecule has 5 nitrogen and oxygen atoms in total. The summed E-state index contributed by atoms with van der Waals surface area (Å²) in [6.45, 7) is 6.55. The second-order valence-electron chi connectivity index (χ2n) is 8.19. The maximum Gasteiger partial charge on any atom is 0.227 e. The standard InChI is InChI=1S/C28H32N2O3/c1-22-8-10-23(11-9-22)5-4-18-31-19-16-29-17-20-32-21-24-12-14-25(15-13-24)28-30-26-6-2-3-7-27(26)33-28/h2-3,6-15,29H,4-5,16-21H2,1H3. The van der Waals surface area contributed by atoms with Crippen molar-refractivity contribution in [2.45, 2.75) is 26.4 Å². The first-order valence-corrected chi connectivity index (χ1v) is 11.6. The molecule has 0 aliphatic rings. The summed E-state index contributed by atoms with van der Waals surface area (Å²) >= 11 is 0. The van der Waals surface area contributed by atoms with Crippen molar-refractivity contribution in [3.63, 3.8) is 0 Å². The number of hydrogen-bond donors (Lipinski definition) is 1. The van der Waals surface area contributed by atoms with Crippen molar-refractivity contribution >= 4 is 11.1 Å². The van der Waals surface area contributed by atoms with Gasteiger partial charge in [-0.15, -0.1) is 0 Å². The molecular weight excluding hydrogens is 412 g/mol. The van der Waals surface area contributed by atoms with E-state index in [-0.39, 0.29) is 0 Å². The summed E-state index contributed by atoms with van der Waals surface area (Å²) in [5.74, 6) is 0.644. The zero-order chi connectivity index (χ0) is 22.7. The monoisotopic (exact) mass is 444 g/mol. The van der Waals surface area contributed by atoms with Gasteiger partial charge in [-0.1, -0.05) is 54.1 Å². The number of rotatable bonds is 13. The Morgan fingerprint density at radius 3 is 2.30 bits per heavy atom. The molecule has 4 rings (SSSR count). The molecular formula is C28H32N2O3. The molecule has 1 heterocycles. The molecule has 0 fully saturated rings. The minimum Gasteiger partial charge on any atom is -0.436 e. The van der Waals surface area contributed by atoms with E-state index in [0.717, 1.165) is 61.4 Å². The van der Waals surface area contributed by atoms with Crippen molar-refractivity contribution < 1.29 is 13.9 Å². The average molecular weight is 445 g/mol. The number of aryl methyl sites for hydroxylation is 2. The van der Waals surface area contributed by atoms with Crippen LogP contribution in [0.25, 0.3) is 22.6 Å². The highest BCUT2D eigenvalue weighted by atomic mass is 16.5. The predicted molar refractivity (Wildman–Crippen MR) is 132 cm³/mol. The van der Waals surface area contributed by atoms with Crippen LogP contribution < -0.4 is 5.32 Å². The fourth-order valence-electron chi connectivity index (χ4n) is 3.58. The van der Waals surface area contributed by atoms with E-state index in [0.29, 0.717) is 19.1 Å². The van der Waals surface area contributed by atoms with Crippen molar-refractivity contribution in [3.8, 4) is 11.5 Å². The first-order chi connectivity index (χ1) is 16.3. The maximum absolute atomic E-state index is 5.82. The smallest absolute Gasteiger partial charge is 0.227 e. The van der Waals surface area contributed by atoms with Gasteiger partial charge in [-0.2, -0.15) is 0 Å². The number of aromatic nitrogens is 1. The summed E-state index contributed by atoms with van der Waals surface area (Å²) in [4.78, 5) is 4.54. The summed E-state index contributed by atoms with van der Waals surface area (Å²) in [6, 6.07) is 24.7.